The van der Waals surface area contributed by atoms with Crippen LogP contribution < -0.4 is 10.6 Å². The van der Waals surface area contributed by atoms with Crippen LogP contribution >= 0.6 is 0 Å². The van der Waals surface area contributed by atoms with Crippen molar-refractivity contribution < 1.29 is 0 Å². The van der Waals surface area contributed by atoms with Gasteiger partial charge < -0.3 is 10.6 Å². The first-order valence-electron chi connectivity index (χ1n) is 4.46. The van der Waals surface area contributed by atoms with E-state index < -0.39 is 0 Å². The van der Waals surface area contributed by atoms with Crippen LogP contribution in [0.3, 0.4) is 0 Å². The van der Waals surface area contributed by atoms with Gasteiger partial charge in [0, 0.05) is 7.05 Å². The minimum absolute atomic E-state index is 0.468. The summed E-state index contributed by atoms with van der Waals surface area (Å²) in [5.74, 6) is 1.01. The molecule has 0 spiro atoms. The van der Waals surface area contributed by atoms with Crippen molar-refractivity contribution in [2.75, 3.05) is 7.05 Å². The van der Waals surface area contributed by atoms with Crippen LogP contribution in [0.25, 0.3) is 0 Å². The van der Waals surface area contributed by atoms with Gasteiger partial charge in [-0.3, -0.25) is 0 Å². The summed E-state index contributed by atoms with van der Waals surface area (Å²) in [6.45, 7) is 4.31. The fourth-order valence-corrected chi connectivity index (χ4v) is 1.43. The van der Waals surface area contributed by atoms with Gasteiger partial charge in [-0.1, -0.05) is 13.3 Å². The fraction of sp³-hybridized carbons (Fsp3) is 0.667. The Bertz CT molecular complexity index is 206. The van der Waals surface area contributed by atoms with Gasteiger partial charge in [-0.15, -0.1) is 0 Å². The summed E-state index contributed by atoms with van der Waals surface area (Å²) in [4.78, 5) is 4.19. The molecule has 0 amide bonds. The molecule has 3 nitrogen and oxygen atoms in total. The minimum atomic E-state index is 0.468. The van der Waals surface area contributed by atoms with Crippen molar-refractivity contribution >= 4 is 6.34 Å². The van der Waals surface area contributed by atoms with Crippen LogP contribution in [0.1, 0.15) is 26.7 Å². The molecule has 0 radical (unpaired) electrons. The number of aliphatic imine (C=N–C) groups is 1. The lowest BCUT2D eigenvalue weighted by Gasteiger charge is -2.22. The van der Waals surface area contributed by atoms with E-state index in [9.17, 15) is 0 Å². The number of nitrogens with one attached hydrogen (secondary N) is 2. The highest BCUT2D eigenvalue weighted by Crippen LogP contribution is 2.14. The highest BCUT2D eigenvalue weighted by molar-refractivity contribution is 5.60. The maximum Gasteiger partial charge on any atom is 0.128 e. The Morgan fingerprint density at radius 2 is 2.42 bits per heavy atom. The topological polar surface area (TPSA) is 36.4 Å². The summed E-state index contributed by atoms with van der Waals surface area (Å²) >= 11 is 0. The van der Waals surface area contributed by atoms with E-state index in [1.807, 2.05) is 7.05 Å². The standard InChI is InChI=1S/C9H17N3/c1-4-5-8-7(2)9(10-3)12-6-11-8/h6,8,10H,4-5H2,1-3H3,(H,11,12). The highest BCUT2D eigenvalue weighted by Gasteiger charge is 2.14. The molecule has 1 unspecified atom stereocenters. The Balaban J connectivity index is 2.69. The largest absolute Gasteiger partial charge is 0.373 e. The summed E-state index contributed by atoms with van der Waals surface area (Å²) in [5.41, 5.74) is 1.31. The maximum atomic E-state index is 4.19. The molecule has 68 valence electrons. The molecule has 2 N–H and O–H groups in total. The first-order chi connectivity index (χ1) is 5.79. The smallest absolute Gasteiger partial charge is 0.128 e. The molecule has 1 heterocycles. The van der Waals surface area contributed by atoms with E-state index in [1.165, 1.54) is 18.4 Å². The van der Waals surface area contributed by atoms with E-state index in [4.69, 9.17) is 0 Å². The van der Waals surface area contributed by atoms with Crippen molar-refractivity contribution in [2.45, 2.75) is 32.7 Å². The Morgan fingerprint density at radius 1 is 1.67 bits per heavy atom. The van der Waals surface area contributed by atoms with Gasteiger partial charge in [-0.25, -0.2) is 4.99 Å². The molecule has 0 aromatic rings. The van der Waals surface area contributed by atoms with Crippen molar-refractivity contribution in [3.63, 3.8) is 0 Å². The van der Waals surface area contributed by atoms with Gasteiger partial charge in [0.25, 0.3) is 0 Å². The Kier molecular flexibility index (Phi) is 3.14. The summed E-state index contributed by atoms with van der Waals surface area (Å²) in [6, 6.07) is 0.468. The molecule has 0 fully saturated rings. The van der Waals surface area contributed by atoms with Gasteiger partial charge in [0.05, 0.1) is 12.4 Å². The first-order valence-corrected chi connectivity index (χ1v) is 4.46. The van der Waals surface area contributed by atoms with E-state index >= 15 is 0 Å². The second-order valence-corrected chi connectivity index (χ2v) is 3.05. The fourth-order valence-electron chi connectivity index (χ4n) is 1.43. The lowest BCUT2D eigenvalue weighted by atomic mass is 10.0. The number of nitrogens with zero attached hydrogens (tertiary/aromatic N) is 1. The third-order valence-corrected chi connectivity index (χ3v) is 2.18. The molecular weight excluding hydrogens is 150 g/mol. The SMILES string of the molecule is CCCC1NC=NC(NC)=C1C. The average molecular weight is 167 g/mol. The molecule has 12 heavy (non-hydrogen) atoms. The van der Waals surface area contributed by atoms with Gasteiger partial charge in [0.1, 0.15) is 5.82 Å². The number of hydrogen-bond acceptors (Lipinski definition) is 3. The molecular formula is C9H17N3. The van der Waals surface area contributed by atoms with E-state index in [-0.39, 0.29) is 0 Å². The zero-order chi connectivity index (χ0) is 8.97. The Morgan fingerprint density at radius 3 is 3.00 bits per heavy atom. The van der Waals surface area contributed by atoms with Crippen LogP contribution in [-0.2, 0) is 0 Å². The molecule has 0 bridgehead atoms. The maximum absolute atomic E-state index is 4.19. The normalized spacial score (nSPS) is 22.4. The van der Waals surface area contributed by atoms with Crippen molar-refractivity contribution in [2.24, 2.45) is 4.99 Å². The van der Waals surface area contributed by atoms with Crippen LogP contribution in [0, 0.1) is 0 Å². The summed E-state index contributed by atoms with van der Waals surface area (Å²) in [5, 5.41) is 6.33. The van der Waals surface area contributed by atoms with Crippen LogP contribution in [0.5, 0.6) is 0 Å². The highest BCUT2D eigenvalue weighted by atomic mass is 15.1. The van der Waals surface area contributed by atoms with Gasteiger partial charge in [0.2, 0.25) is 0 Å². The van der Waals surface area contributed by atoms with Gasteiger partial charge in [0.15, 0.2) is 0 Å². The molecule has 0 aromatic carbocycles. The predicted octanol–water partition coefficient (Wildman–Crippen LogP) is 1.24. The number of hydrogen-bond donors (Lipinski definition) is 2. The zero-order valence-corrected chi connectivity index (χ0v) is 8.02. The Labute approximate surface area is 74.0 Å². The zero-order valence-electron chi connectivity index (χ0n) is 8.02. The quantitative estimate of drug-likeness (QED) is 0.663. The van der Waals surface area contributed by atoms with Crippen LogP contribution in [0.2, 0.25) is 0 Å². The van der Waals surface area contributed by atoms with E-state index in [0.717, 1.165) is 5.82 Å². The lowest BCUT2D eigenvalue weighted by molar-refractivity contribution is 0.601. The predicted molar refractivity (Wildman–Crippen MR) is 52.1 cm³/mol. The average Bonchev–Trinajstić information content (AvgIpc) is 2.09. The molecule has 1 aliphatic heterocycles. The molecule has 0 saturated carbocycles. The molecule has 0 saturated heterocycles. The van der Waals surface area contributed by atoms with Gasteiger partial charge in [-0.05, 0) is 18.9 Å². The van der Waals surface area contributed by atoms with Crippen LogP contribution in [0.15, 0.2) is 16.4 Å². The van der Waals surface area contributed by atoms with Crippen molar-refractivity contribution in [3.8, 4) is 0 Å². The minimum Gasteiger partial charge on any atom is -0.373 e. The second-order valence-electron chi connectivity index (χ2n) is 3.05. The van der Waals surface area contributed by atoms with E-state index in [2.05, 4.69) is 29.5 Å². The van der Waals surface area contributed by atoms with Crippen molar-refractivity contribution in [1.82, 2.24) is 10.6 Å². The second kappa shape index (κ2) is 4.14. The van der Waals surface area contributed by atoms with Crippen molar-refractivity contribution in [1.29, 1.82) is 0 Å². The van der Waals surface area contributed by atoms with Crippen molar-refractivity contribution in [3.05, 3.63) is 11.4 Å². The summed E-state index contributed by atoms with van der Waals surface area (Å²) in [6.07, 6.45) is 4.14. The molecule has 0 aliphatic carbocycles. The first kappa shape index (κ1) is 9.10. The monoisotopic (exact) mass is 167 g/mol. The van der Waals surface area contributed by atoms with Crippen LogP contribution in [0.4, 0.5) is 0 Å². The van der Waals surface area contributed by atoms with Crippen LogP contribution in [-0.4, -0.2) is 19.4 Å². The molecule has 1 atom stereocenters. The van der Waals surface area contributed by atoms with Gasteiger partial charge in [-0.2, -0.15) is 0 Å². The molecule has 3 heteroatoms. The van der Waals surface area contributed by atoms with Gasteiger partial charge >= 0.3 is 0 Å². The molecule has 0 aromatic heterocycles. The lowest BCUT2D eigenvalue weighted by Crippen LogP contribution is -2.34. The summed E-state index contributed by atoms with van der Waals surface area (Å²) < 4.78 is 0. The number of rotatable bonds is 3. The Hall–Kier alpha value is -0.990. The van der Waals surface area contributed by atoms with E-state index in [0.29, 0.717) is 6.04 Å². The third kappa shape index (κ3) is 1.78. The molecule has 1 aliphatic rings. The molecule has 1 rings (SSSR count). The summed E-state index contributed by atoms with van der Waals surface area (Å²) in [7, 11) is 1.91. The third-order valence-electron chi connectivity index (χ3n) is 2.18. The van der Waals surface area contributed by atoms with E-state index in [1.54, 1.807) is 6.34 Å².